The monoisotopic (exact) mass is 242 g/mol. The third kappa shape index (κ3) is 3.70. The van der Waals surface area contributed by atoms with E-state index in [0.29, 0.717) is 11.4 Å². The van der Waals surface area contributed by atoms with E-state index in [1.54, 1.807) is 13.1 Å². The number of anilines is 1. The molecule has 1 rings (SSSR count). The first-order valence-corrected chi connectivity index (χ1v) is 5.28. The summed E-state index contributed by atoms with van der Waals surface area (Å²) in [6, 6.07) is 3.08. The Morgan fingerprint density at radius 1 is 1.44 bits per heavy atom. The molecule has 0 fully saturated rings. The number of carbonyl (C=O) groups excluding carboxylic acids is 1. The Bertz CT molecular complexity index is 399. The number of nitrogens with zero attached hydrogens (tertiary/aromatic N) is 1. The normalized spacial score (nSPS) is 11.1. The van der Waals surface area contributed by atoms with Gasteiger partial charge in [0.1, 0.15) is 16.6 Å². The van der Waals surface area contributed by atoms with Crippen LogP contribution in [0.2, 0.25) is 5.15 Å². The summed E-state index contributed by atoms with van der Waals surface area (Å²) < 4.78 is 5.23. The van der Waals surface area contributed by atoms with Crippen LogP contribution in [0.4, 0.5) is 5.82 Å². The van der Waals surface area contributed by atoms with Gasteiger partial charge in [0.2, 0.25) is 0 Å². The number of pyridine rings is 1. The molecule has 1 aromatic rings. The first-order valence-electron chi connectivity index (χ1n) is 4.90. The maximum Gasteiger partial charge on any atom is 0.338 e. The summed E-state index contributed by atoms with van der Waals surface area (Å²) in [5, 5.41) is 3.08. The molecular formula is C11H15ClN2O2. The van der Waals surface area contributed by atoms with Crippen molar-refractivity contribution in [1.82, 2.24) is 4.98 Å². The van der Waals surface area contributed by atoms with Crippen molar-refractivity contribution in [3.05, 3.63) is 22.8 Å². The summed E-state index contributed by atoms with van der Waals surface area (Å²) in [4.78, 5) is 15.7. The van der Waals surface area contributed by atoms with E-state index < -0.39 is 11.6 Å². The SMILES string of the molecule is CNc1cc(C(=O)OC(C)(C)C)cc(Cl)n1. The number of halogens is 1. The lowest BCUT2D eigenvalue weighted by Crippen LogP contribution is -2.24. The number of hydrogen-bond donors (Lipinski definition) is 1. The summed E-state index contributed by atoms with van der Waals surface area (Å²) in [6.07, 6.45) is 0. The summed E-state index contributed by atoms with van der Waals surface area (Å²) in [6.45, 7) is 5.44. The third-order valence-corrected chi connectivity index (χ3v) is 1.88. The zero-order chi connectivity index (χ0) is 12.3. The Kier molecular flexibility index (Phi) is 3.75. The molecule has 0 saturated carbocycles. The fourth-order valence-electron chi connectivity index (χ4n) is 1.08. The lowest BCUT2D eigenvalue weighted by Gasteiger charge is -2.19. The Morgan fingerprint density at radius 2 is 2.06 bits per heavy atom. The lowest BCUT2D eigenvalue weighted by atomic mass is 10.2. The summed E-state index contributed by atoms with van der Waals surface area (Å²) in [5.74, 6) is 0.127. The number of aromatic nitrogens is 1. The zero-order valence-corrected chi connectivity index (χ0v) is 10.6. The number of rotatable bonds is 2. The van der Waals surface area contributed by atoms with Crippen molar-refractivity contribution >= 4 is 23.4 Å². The van der Waals surface area contributed by atoms with Crippen LogP contribution in [-0.4, -0.2) is 23.6 Å². The molecule has 1 heterocycles. The minimum absolute atomic E-state index is 0.257. The smallest absolute Gasteiger partial charge is 0.338 e. The Labute approximate surface area is 100.0 Å². The summed E-state index contributed by atoms with van der Waals surface area (Å²) in [5.41, 5.74) is -0.133. The van der Waals surface area contributed by atoms with Gasteiger partial charge in [0.05, 0.1) is 5.56 Å². The minimum atomic E-state index is -0.521. The molecule has 0 unspecified atom stereocenters. The molecule has 0 aliphatic heterocycles. The van der Waals surface area contributed by atoms with Gasteiger partial charge < -0.3 is 10.1 Å². The maximum atomic E-state index is 11.7. The van der Waals surface area contributed by atoms with Gasteiger partial charge in [-0.25, -0.2) is 9.78 Å². The van der Waals surface area contributed by atoms with Gasteiger partial charge in [0.25, 0.3) is 0 Å². The minimum Gasteiger partial charge on any atom is -0.456 e. The molecular weight excluding hydrogens is 228 g/mol. The molecule has 0 aromatic carbocycles. The van der Waals surface area contributed by atoms with Crippen LogP contribution in [0.1, 0.15) is 31.1 Å². The van der Waals surface area contributed by atoms with Crippen molar-refractivity contribution in [1.29, 1.82) is 0 Å². The highest BCUT2D eigenvalue weighted by atomic mass is 35.5. The van der Waals surface area contributed by atoms with Crippen molar-refractivity contribution in [2.75, 3.05) is 12.4 Å². The molecule has 0 atom stereocenters. The van der Waals surface area contributed by atoms with Gasteiger partial charge in [-0.15, -0.1) is 0 Å². The number of nitrogens with one attached hydrogen (secondary N) is 1. The fraction of sp³-hybridized carbons (Fsp3) is 0.455. The van der Waals surface area contributed by atoms with Crippen LogP contribution in [0.25, 0.3) is 0 Å². The number of esters is 1. The molecule has 0 aliphatic rings. The predicted octanol–water partition coefficient (Wildman–Crippen LogP) is 2.73. The highest BCUT2D eigenvalue weighted by molar-refractivity contribution is 6.29. The molecule has 5 heteroatoms. The van der Waals surface area contributed by atoms with E-state index in [4.69, 9.17) is 16.3 Å². The molecule has 4 nitrogen and oxygen atoms in total. The van der Waals surface area contributed by atoms with Crippen LogP contribution < -0.4 is 5.32 Å². The fourth-order valence-corrected chi connectivity index (χ4v) is 1.29. The van der Waals surface area contributed by atoms with E-state index in [1.807, 2.05) is 20.8 Å². The highest BCUT2D eigenvalue weighted by Gasteiger charge is 2.18. The Morgan fingerprint density at radius 3 is 2.56 bits per heavy atom. The van der Waals surface area contributed by atoms with Gasteiger partial charge in [-0.05, 0) is 32.9 Å². The van der Waals surface area contributed by atoms with E-state index in [2.05, 4.69) is 10.3 Å². The maximum absolute atomic E-state index is 11.7. The molecule has 0 amide bonds. The van der Waals surface area contributed by atoms with Gasteiger partial charge in [-0.1, -0.05) is 11.6 Å². The van der Waals surface area contributed by atoms with Crippen LogP contribution in [0, 0.1) is 0 Å². The van der Waals surface area contributed by atoms with Gasteiger partial charge in [0.15, 0.2) is 0 Å². The van der Waals surface area contributed by atoms with Crippen LogP contribution in [0.5, 0.6) is 0 Å². The van der Waals surface area contributed by atoms with Gasteiger partial charge in [-0.2, -0.15) is 0 Å². The van der Waals surface area contributed by atoms with Crippen LogP contribution in [0.15, 0.2) is 12.1 Å². The number of hydrogen-bond acceptors (Lipinski definition) is 4. The second kappa shape index (κ2) is 4.70. The summed E-state index contributed by atoms with van der Waals surface area (Å²) in [7, 11) is 1.71. The number of ether oxygens (including phenoxy) is 1. The first kappa shape index (κ1) is 12.8. The standard InChI is InChI=1S/C11H15ClN2O2/c1-11(2,3)16-10(15)7-5-8(12)14-9(6-7)13-4/h5-6H,1-4H3,(H,13,14). The second-order valence-corrected chi connectivity index (χ2v) is 4.70. The van der Waals surface area contributed by atoms with Crippen molar-refractivity contribution in [3.63, 3.8) is 0 Å². The largest absolute Gasteiger partial charge is 0.456 e. The van der Waals surface area contributed by atoms with E-state index in [0.717, 1.165) is 0 Å². The van der Waals surface area contributed by atoms with Gasteiger partial charge in [-0.3, -0.25) is 0 Å². The van der Waals surface area contributed by atoms with Crippen molar-refractivity contribution in [2.45, 2.75) is 26.4 Å². The van der Waals surface area contributed by atoms with E-state index >= 15 is 0 Å². The van der Waals surface area contributed by atoms with Crippen LogP contribution in [0.3, 0.4) is 0 Å². The Balaban J connectivity index is 2.95. The molecule has 0 aliphatic carbocycles. The van der Waals surface area contributed by atoms with Crippen molar-refractivity contribution < 1.29 is 9.53 Å². The lowest BCUT2D eigenvalue weighted by molar-refractivity contribution is 0.00695. The molecule has 16 heavy (non-hydrogen) atoms. The molecule has 1 N–H and O–H groups in total. The van der Waals surface area contributed by atoms with Crippen molar-refractivity contribution in [2.24, 2.45) is 0 Å². The predicted molar refractivity (Wildman–Crippen MR) is 64.0 cm³/mol. The second-order valence-electron chi connectivity index (χ2n) is 4.32. The number of carbonyl (C=O) groups is 1. The van der Waals surface area contributed by atoms with Gasteiger partial charge in [0, 0.05) is 7.05 Å². The average molecular weight is 243 g/mol. The van der Waals surface area contributed by atoms with Gasteiger partial charge >= 0.3 is 5.97 Å². The molecule has 0 radical (unpaired) electrons. The first-order chi connectivity index (χ1) is 7.31. The molecule has 0 bridgehead atoms. The van der Waals surface area contributed by atoms with Crippen LogP contribution in [-0.2, 0) is 4.74 Å². The average Bonchev–Trinajstić information content (AvgIpc) is 2.14. The topological polar surface area (TPSA) is 51.2 Å². The highest BCUT2D eigenvalue weighted by Crippen LogP contribution is 2.17. The van der Waals surface area contributed by atoms with E-state index in [-0.39, 0.29) is 5.15 Å². The molecule has 88 valence electrons. The van der Waals surface area contributed by atoms with E-state index in [9.17, 15) is 4.79 Å². The Hall–Kier alpha value is -1.29. The zero-order valence-electron chi connectivity index (χ0n) is 9.80. The summed E-state index contributed by atoms with van der Waals surface area (Å²) >= 11 is 5.79. The van der Waals surface area contributed by atoms with E-state index in [1.165, 1.54) is 6.07 Å². The van der Waals surface area contributed by atoms with Crippen LogP contribution >= 0.6 is 11.6 Å². The molecule has 0 saturated heterocycles. The third-order valence-electron chi connectivity index (χ3n) is 1.68. The molecule has 0 spiro atoms. The van der Waals surface area contributed by atoms with Crippen molar-refractivity contribution in [3.8, 4) is 0 Å². The quantitative estimate of drug-likeness (QED) is 0.640. The molecule has 1 aromatic heterocycles.